The normalized spacial score (nSPS) is 11.2. The van der Waals surface area contributed by atoms with Crippen LogP contribution in [0, 0.1) is 0 Å². The van der Waals surface area contributed by atoms with Crippen molar-refractivity contribution in [2.45, 2.75) is 25.8 Å². The van der Waals surface area contributed by atoms with E-state index in [1.54, 1.807) is 23.8 Å². The van der Waals surface area contributed by atoms with Gasteiger partial charge in [0.2, 0.25) is 0 Å². The summed E-state index contributed by atoms with van der Waals surface area (Å²) < 4.78 is 7.19. The van der Waals surface area contributed by atoms with Crippen molar-refractivity contribution in [3.63, 3.8) is 0 Å². The highest BCUT2D eigenvalue weighted by molar-refractivity contribution is 14.0. The summed E-state index contributed by atoms with van der Waals surface area (Å²) in [5, 5.41) is 16.7. The van der Waals surface area contributed by atoms with Gasteiger partial charge in [0, 0.05) is 43.7 Å². The highest BCUT2D eigenvalue weighted by Crippen LogP contribution is 2.08. The van der Waals surface area contributed by atoms with E-state index in [2.05, 4.69) is 43.5 Å². The van der Waals surface area contributed by atoms with E-state index in [1.807, 2.05) is 23.0 Å². The molecule has 0 radical (unpaired) electrons. The Bertz CT molecular complexity index is 701. The lowest BCUT2D eigenvalue weighted by atomic mass is 10.3. The van der Waals surface area contributed by atoms with Crippen molar-refractivity contribution in [1.82, 2.24) is 25.6 Å². The number of hydrogen-bond donors (Lipinski definition) is 2. The molecule has 146 valence electrons. The van der Waals surface area contributed by atoms with Gasteiger partial charge in [-0.1, -0.05) is 11.3 Å². The van der Waals surface area contributed by atoms with E-state index in [-0.39, 0.29) is 24.0 Å². The van der Waals surface area contributed by atoms with Gasteiger partial charge >= 0.3 is 0 Å². The average Bonchev–Trinajstić information content (AvgIpc) is 3.41. The van der Waals surface area contributed by atoms with E-state index in [4.69, 9.17) is 4.42 Å². The number of hydrogen-bond acceptors (Lipinski definition) is 5. The number of guanidine groups is 1. The van der Waals surface area contributed by atoms with Crippen molar-refractivity contribution in [3.8, 4) is 0 Å². The maximum absolute atomic E-state index is 5.37. The Kier molecular flexibility index (Phi) is 9.91. The first-order valence-electron chi connectivity index (χ1n) is 8.81. The lowest BCUT2D eigenvalue weighted by Crippen LogP contribution is -2.39. The summed E-state index contributed by atoms with van der Waals surface area (Å²) >= 11 is 1.78. The summed E-state index contributed by atoms with van der Waals surface area (Å²) in [6.07, 6.45) is 8.00. The molecule has 0 fully saturated rings. The molecule has 0 aliphatic heterocycles. The average molecular weight is 500 g/mol. The molecule has 0 bridgehead atoms. The van der Waals surface area contributed by atoms with Gasteiger partial charge < -0.3 is 15.1 Å². The van der Waals surface area contributed by atoms with Crippen molar-refractivity contribution < 1.29 is 4.42 Å². The minimum absolute atomic E-state index is 0. The molecule has 3 rings (SSSR count). The lowest BCUT2D eigenvalue weighted by Gasteiger charge is -2.12. The quantitative estimate of drug-likeness (QED) is 0.194. The maximum Gasteiger partial charge on any atom is 0.191 e. The molecule has 0 amide bonds. The van der Waals surface area contributed by atoms with Crippen molar-refractivity contribution >= 4 is 41.3 Å². The van der Waals surface area contributed by atoms with Gasteiger partial charge in [0.1, 0.15) is 5.76 Å². The van der Waals surface area contributed by atoms with Gasteiger partial charge in [-0.25, -0.2) is 0 Å². The fourth-order valence-electron chi connectivity index (χ4n) is 2.47. The SMILES string of the molecule is I.c1coc(CCNC(=NCCCn2ccnn2)NCCc2cccs2)c1. The number of aromatic nitrogens is 3. The third-order valence-corrected chi connectivity index (χ3v) is 4.71. The number of halogens is 1. The number of aryl methyl sites for hydroxylation is 1. The van der Waals surface area contributed by atoms with Crippen molar-refractivity contribution in [2.24, 2.45) is 4.99 Å². The highest BCUT2D eigenvalue weighted by Gasteiger charge is 2.01. The van der Waals surface area contributed by atoms with Crippen LogP contribution in [0.4, 0.5) is 0 Å². The van der Waals surface area contributed by atoms with Gasteiger partial charge in [-0.3, -0.25) is 9.67 Å². The predicted molar refractivity (Wildman–Crippen MR) is 119 cm³/mol. The summed E-state index contributed by atoms with van der Waals surface area (Å²) in [5.41, 5.74) is 0. The minimum Gasteiger partial charge on any atom is -0.469 e. The Balaban J connectivity index is 0.00000261. The van der Waals surface area contributed by atoms with E-state index < -0.39 is 0 Å². The summed E-state index contributed by atoms with van der Waals surface area (Å²) in [5.74, 6) is 1.81. The summed E-state index contributed by atoms with van der Waals surface area (Å²) in [6, 6.07) is 8.14. The molecule has 2 N–H and O–H groups in total. The van der Waals surface area contributed by atoms with Gasteiger partial charge in [-0.05, 0) is 36.4 Å². The van der Waals surface area contributed by atoms with E-state index in [9.17, 15) is 0 Å². The first-order valence-corrected chi connectivity index (χ1v) is 9.69. The van der Waals surface area contributed by atoms with Crippen LogP contribution < -0.4 is 10.6 Å². The largest absolute Gasteiger partial charge is 0.469 e. The molecule has 27 heavy (non-hydrogen) atoms. The molecule has 0 spiro atoms. The third kappa shape index (κ3) is 8.12. The first kappa shape index (κ1) is 21.4. The standard InChI is InChI=1S/C18H24N6OS.HI/c1-4-16(25-14-1)6-9-20-18(21-10-7-17-5-2-15-26-17)19-8-3-12-24-13-11-22-23-24;/h1-2,4-5,11,13-15H,3,6-10,12H2,(H2,19,20,21);1H. The zero-order chi connectivity index (χ0) is 17.9. The molecule has 3 aromatic rings. The summed E-state index contributed by atoms with van der Waals surface area (Å²) in [4.78, 5) is 6.04. The van der Waals surface area contributed by atoms with Crippen LogP contribution in [-0.2, 0) is 19.4 Å². The van der Waals surface area contributed by atoms with Gasteiger partial charge in [-0.15, -0.1) is 40.4 Å². The molecular formula is C18H25IN6OS. The van der Waals surface area contributed by atoms with Crippen LogP contribution in [0.3, 0.4) is 0 Å². The number of rotatable bonds is 10. The summed E-state index contributed by atoms with van der Waals surface area (Å²) in [7, 11) is 0. The van der Waals surface area contributed by atoms with Gasteiger partial charge in [0.15, 0.2) is 5.96 Å². The number of furan rings is 1. The topological polar surface area (TPSA) is 80.3 Å². The number of nitrogens with one attached hydrogen (secondary N) is 2. The Morgan fingerprint density at radius 1 is 1.19 bits per heavy atom. The molecule has 9 heteroatoms. The molecule has 0 aliphatic carbocycles. The molecule has 0 atom stereocenters. The van der Waals surface area contributed by atoms with Crippen molar-refractivity contribution in [3.05, 3.63) is 58.9 Å². The summed E-state index contributed by atoms with van der Waals surface area (Å²) in [6.45, 7) is 3.19. The molecule has 0 saturated carbocycles. The second-order valence-corrected chi connectivity index (χ2v) is 6.79. The van der Waals surface area contributed by atoms with Crippen LogP contribution in [0.25, 0.3) is 0 Å². The lowest BCUT2D eigenvalue weighted by molar-refractivity contribution is 0.506. The Hall–Kier alpha value is -1.88. The molecule has 0 aliphatic rings. The first-order chi connectivity index (χ1) is 12.9. The molecule has 0 unspecified atom stereocenters. The molecule has 0 saturated heterocycles. The molecule has 3 heterocycles. The second kappa shape index (κ2) is 12.5. The van der Waals surface area contributed by atoms with E-state index in [0.29, 0.717) is 0 Å². The predicted octanol–water partition coefficient (Wildman–Crippen LogP) is 2.96. The Morgan fingerprint density at radius 3 is 2.78 bits per heavy atom. The van der Waals surface area contributed by atoms with Crippen molar-refractivity contribution in [2.75, 3.05) is 19.6 Å². The Morgan fingerprint density at radius 2 is 2.07 bits per heavy atom. The fourth-order valence-corrected chi connectivity index (χ4v) is 3.18. The van der Waals surface area contributed by atoms with Gasteiger partial charge in [-0.2, -0.15) is 0 Å². The smallest absolute Gasteiger partial charge is 0.191 e. The fraction of sp³-hybridized carbons (Fsp3) is 0.389. The number of nitrogens with zero attached hydrogens (tertiary/aromatic N) is 4. The van der Waals surface area contributed by atoms with Crippen LogP contribution in [0.5, 0.6) is 0 Å². The van der Waals surface area contributed by atoms with Crippen LogP contribution in [0.1, 0.15) is 17.1 Å². The van der Waals surface area contributed by atoms with Gasteiger partial charge in [0.25, 0.3) is 0 Å². The van der Waals surface area contributed by atoms with E-state index in [0.717, 1.165) is 57.2 Å². The molecule has 3 aromatic heterocycles. The van der Waals surface area contributed by atoms with E-state index >= 15 is 0 Å². The third-order valence-electron chi connectivity index (χ3n) is 3.78. The van der Waals surface area contributed by atoms with Crippen molar-refractivity contribution in [1.29, 1.82) is 0 Å². The van der Waals surface area contributed by atoms with E-state index in [1.165, 1.54) is 4.88 Å². The minimum atomic E-state index is 0. The highest BCUT2D eigenvalue weighted by atomic mass is 127. The molecule has 7 nitrogen and oxygen atoms in total. The van der Waals surface area contributed by atoms with Crippen LogP contribution >= 0.6 is 35.3 Å². The van der Waals surface area contributed by atoms with Crippen LogP contribution in [0.15, 0.2) is 57.7 Å². The van der Waals surface area contributed by atoms with Crippen LogP contribution in [-0.4, -0.2) is 40.6 Å². The second-order valence-electron chi connectivity index (χ2n) is 5.76. The zero-order valence-electron chi connectivity index (χ0n) is 15.1. The molecule has 0 aromatic carbocycles. The monoisotopic (exact) mass is 500 g/mol. The number of thiophene rings is 1. The Labute approximate surface area is 180 Å². The van der Waals surface area contributed by atoms with Gasteiger partial charge in [0.05, 0.1) is 12.5 Å². The maximum atomic E-state index is 5.37. The molecular weight excluding hydrogens is 475 g/mol. The number of aliphatic imine (C=N–C) groups is 1. The zero-order valence-corrected chi connectivity index (χ0v) is 18.2. The van der Waals surface area contributed by atoms with Crippen LogP contribution in [0.2, 0.25) is 0 Å².